The highest BCUT2D eigenvalue weighted by Crippen LogP contribution is 2.61. The Bertz CT molecular complexity index is 813. The molecule has 4 aliphatic carbocycles. The van der Waals surface area contributed by atoms with Gasteiger partial charge in [-0.2, -0.15) is 0 Å². The Kier molecular flexibility index (Phi) is 4.39. The van der Waals surface area contributed by atoms with E-state index in [2.05, 4.69) is 12.2 Å². The molecule has 5 rings (SSSR count). The van der Waals surface area contributed by atoms with Gasteiger partial charge in [0.15, 0.2) is 9.84 Å². The molecule has 4 saturated carbocycles. The first kappa shape index (κ1) is 18.3. The summed E-state index contributed by atoms with van der Waals surface area (Å²) in [4.78, 5) is 13.0. The zero-order chi connectivity index (χ0) is 18.7. The van der Waals surface area contributed by atoms with E-state index in [9.17, 15) is 13.2 Å². The van der Waals surface area contributed by atoms with Crippen molar-refractivity contribution in [2.24, 2.45) is 23.2 Å². The lowest BCUT2D eigenvalue weighted by Crippen LogP contribution is -2.55. The molecule has 4 fully saturated rings. The van der Waals surface area contributed by atoms with E-state index < -0.39 is 9.84 Å². The van der Waals surface area contributed by atoms with Gasteiger partial charge in [0.2, 0.25) is 0 Å². The molecular weight excluding hydrogens is 370 g/mol. The maximum atomic E-state index is 12.9. The number of nitrogens with one attached hydrogen (secondary N) is 1. The van der Waals surface area contributed by atoms with Crippen LogP contribution in [0.15, 0.2) is 23.1 Å². The third-order valence-corrected chi connectivity index (χ3v) is 8.40. The van der Waals surface area contributed by atoms with Crippen molar-refractivity contribution < 1.29 is 13.2 Å². The molecule has 0 spiro atoms. The molecule has 0 aromatic heterocycles. The Balaban J connectivity index is 1.55. The number of amides is 1. The van der Waals surface area contributed by atoms with E-state index in [1.165, 1.54) is 56.7 Å². The number of halogens is 1. The van der Waals surface area contributed by atoms with Crippen LogP contribution in [0.4, 0.5) is 0 Å². The number of sulfone groups is 1. The van der Waals surface area contributed by atoms with Crippen molar-refractivity contribution in [1.82, 2.24) is 5.32 Å². The van der Waals surface area contributed by atoms with Crippen molar-refractivity contribution >= 4 is 27.3 Å². The summed E-state index contributed by atoms with van der Waals surface area (Å²) in [5.41, 5.74) is 0.442. The van der Waals surface area contributed by atoms with Crippen LogP contribution in [0.2, 0.25) is 5.02 Å². The normalized spacial score (nSPS) is 33.9. The van der Waals surface area contributed by atoms with E-state index in [4.69, 9.17) is 11.6 Å². The molecule has 1 amide bonds. The smallest absolute Gasteiger partial charge is 0.253 e. The summed E-state index contributed by atoms with van der Waals surface area (Å²) in [6, 6.07) is 4.39. The molecule has 142 valence electrons. The minimum atomic E-state index is -3.38. The second-order valence-electron chi connectivity index (χ2n) is 8.89. The Morgan fingerprint density at radius 1 is 1.15 bits per heavy atom. The van der Waals surface area contributed by atoms with Crippen molar-refractivity contribution in [2.75, 3.05) is 6.26 Å². The summed E-state index contributed by atoms with van der Waals surface area (Å²) in [6.45, 7) is 2.11. The van der Waals surface area contributed by atoms with Gasteiger partial charge in [-0.15, -0.1) is 0 Å². The molecule has 0 saturated heterocycles. The van der Waals surface area contributed by atoms with Gasteiger partial charge in [-0.1, -0.05) is 11.6 Å². The Morgan fingerprint density at radius 3 is 2.19 bits per heavy atom. The lowest BCUT2D eigenvalue weighted by Gasteiger charge is -2.59. The Labute approximate surface area is 160 Å². The van der Waals surface area contributed by atoms with E-state index in [1.54, 1.807) is 0 Å². The first-order valence-electron chi connectivity index (χ1n) is 9.47. The van der Waals surface area contributed by atoms with Crippen molar-refractivity contribution in [3.63, 3.8) is 0 Å². The SMILES string of the molecule is CC(NC(=O)c1cc(S(C)(=O)=O)ccc1Cl)C12CC3CC(CC(C3)C1)C2. The van der Waals surface area contributed by atoms with E-state index in [0.29, 0.717) is 0 Å². The fourth-order valence-corrected chi connectivity index (χ4v) is 6.90. The molecule has 4 bridgehead atoms. The monoisotopic (exact) mass is 395 g/mol. The molecule has 0 heterocycles. The van der Waals surface area contributed by atoms with Crippen molar-refractivity contribution in [2.45, 2.75) is 56.4 Å². The van der Waals surface area contributed by atoms with Crippen LogP contribution in [0.3, 0.4) is 0 Å². The maximum Gasteiger partial charge on any atom is 0.253 e. The summed E-state index contributed by atoms with van der Waals surface area (Å²) in [5, 5.41) is 3.44. The maximum absolute atomic E-state index is 12.9. The fraction of sp³-hybridized carbons (Fsp3) is 0.650. The van der Waals surface area contributed by atoms with E-state index >= 15 is 0 Å². The number of carbonyl (C=O) groups is 1. The predicted octanol–water partition coefficient (Wildman–Crippen LogP) is 4.08. The standard InChI is InChI=1S/C20H26ClNO3S/c1-12(20-9-13-5-14(10-20)7-15(6-13)11-20)22-19(23)17-8-16(26(2,24)25)3-4-18(17)21/h3-4,8,12-15H,5-7,9-11H2,1-2H3,(H,22,23). The lowest BCUT2D eigenvalue weighted by atomic mass is 9.48. The van der Waals surface area contributed by atoms with E-state index in [0.717, 1.165) is 24.0 Å². The van der Waals surface area contributed by atoms with Crippen molar-refractivity contribution in [1.29, 1.82) is 0 Å². The molecule has 1 aromatic rings. The molecule has 1 unspecified atom stereocenters. The minimum Gasteiger partial charge on any atom is -0.349 e. The molecule has 6 heteroatoms. The molecule has 0 aliphatic heterocycles. The first-order chi connectivity index (χ1) is 12.2. The molecule has 0 radical (unpaired) electrons. The van der Waals surface area contributed by atoms with Crippen LogP contribution >= 0.6 is 11.6 Å². The van der Waals surface area contributed by atoms with Gasteiger partial charge in [-0.25, -0.2) is 8.42 Å². The van der Waals surface area contributed by atoms with Crippen LogP contribution in [0.5, 0.6) is 0 Å². The molecule has 4 aliphatic rings. The predicted molar refractivity (Wildman–Crippen MR) is 102 cm³/mol. The van der Waals surface area contributed by atoms with Crippen molar-refractivity contribution in [3.05, 3.63) is 28.8 Å². The highest BCUT2D eigenvalue weighted by molar-refractivity contribution is 7.90. The number of carbonyl (C=O) groups excluding carboxylic acids is 1. The second kappa shape index (κ2) is 6.23. The summed E-state index contributed by atoms with van der Waals surface area (Å²) in [6.07, 6.45) is 8.84. The van der Waals surface area contributed by atoms with E-state index in [-0.39, 0.29) is 32.8 Å². The van der Waals surface area contributed by atoms with Crippen LogP contribution in [0, 0.1) is 23.2 Å². The van der Waals surface area contributed by atoms with Crippen LogP contribution in [0.1, 0.15) is 55.8 Å². The topological polar surface area (TPSA) is 63.2 Å². The van der Waals surface area contributed by atoms with Gasteiger partial charge in [0.25, 0.3) is 5.91 Å². The first-order valence-corrected chi connectivity index (χ1v) is 11.7. The van der Waals surface area contributed by atoms with E-state index in [1.807, 2.05) is 0 Å². The molecule has 26 heavy (non-hydrogen) atoms. The Morgan fingerprint density at radius 2 is 1.69 bits per heavy atom. The van der Waals surface area contributed by atoms with Gasteiger partial charge in [0, 0.05) is 12.3 Å². The minimum absolute atomic E-state index is 0.0707. The van der Waals surface area contributed by atoms with Gasteiger partial charge in [-0.3, -0.25) is 4.79 Å². The van der Waals surface area contributed by atoms with Gasteiger partial charge >= 0.3 is 0 Å². The van der Waals surface area contributed by atoms with Crippen LogP contribution in [-0.2, 0) is 9.84 Å². The number of hydrogen-bond acceptors (Lipinski definition) is 3. The van der Waals surface area contributed by atoms with Crippen LogP contribution < -0.4 is 5.32 Å². The molecule has 1 N–H and O–H groups in total. The molecule has 1 aromatic carbocycles. The second-order valence-corrected chi connectivity index (χ2v) is 11.3. The largest absolute Gasteiger partial charge is 0.349 e. The summed E-state index contributed by atoms with van der Waals surface area (Å²) in [5.74, 6) is 2.18. The number of hydrogen-bond donors (Lipinski definition) is 1. The number of rotatable bonds is 4. The third-order valence-electron chi connectivity index (χ3n) is 6.96. The van der Waals surface area contributed by atoms with Crippen LogP contribution in [0.25, 0.3) is 0 Å². The summed E-state index contributed by atoms with van der Waals surface area (Å²) in [7, 11) is -3.38. The zero-order valence-electron chi connectivity index (χ0n) is 15.3. The Hall–Kier alpha value is -1.07. The lowest BCUT2D eigenvalue weighted by molar-refractivity contribution is -0.0688. The van der Waals surface area contributed by atoms with Crippen molar-refractivity contribution in [3.8, 4) is 0 Å². The highest BCUT2D eigenvalue weighted by atomic mass is 35.5. The third kappa shape index (κ3) is 3.18. The zero-order valence-corrected chi connectivity index (χ0v) is 16.9. The number of benzene rings is 1. The van der Waals surface area contributed by atoms with Crippen LogP contribution in [-0.4, -0.2) is 26.6 Å². The van der Waals surface area contributed by atoms with Gasteiger partial charge < -0.3 is 5.32 Å². The average Bonchev–Trinajstić information content (AvgIpc) is 2.52. The summed E-state index contributed by atoms with van der Waals surface area (Å²) >= 11 is 6.19. The summed E-state index contributed by atoms with van der Waals surface area (Å²) < 4.78 is 23.6. The molecule has 1 atom stereocenters. The molecule has 4 nitrogen and oxygen atoms in total. The quantitative estimate of drug-likeness (QED) is 0.835. The van der Waals surface area contributed by atoms with Gasteiger partial charge in [0.1, 0.15) is 0 Å². The average molecular weight is 396 g/mol. The molecular formula is C20H26ClNO3S. The fourth-order valence-electron chi connectivity index (χ4n) is 6.04. The van der Waals surface area contributed by atoms with Gasteiger partial charge in [-0.05, 0) is 86.8 Å². The highest BCUT2D eigenvalue weighted by Gasteiger charge is 2.53. The van der Waals surface area contributed by atoms with Gasteiger partial charge in [0.05, 0.1) is 15.5 Å².